The number of hydrogen-bond acceptors (Lipinski definition) is 3. The van der Waals surface area contributed by atoms with Crippen LogP contribution in [-0.4, -0.2) is 13.4 Å². The molecule has 0 aromatic carbocycles. The summed E-state index contributed by atoms with van der Waals surface area (Å²) >= 11 is 0. The molecule has 62 valence electrons. The second-order valence-corrected chi connectivity index (χ2v) is 4.18. The van der Waals surface area contributed by atoms with Gasteiger partial charge in [-0.25, -0.2) is 4.98 Å². The fourth-order valence-corrected chi connectivity index (χ4v) is 0.892. The summed E-state index contributed by atoms with van der Waals surface area (Å²) in [6.07, 6.45) is 1.52. The number of nitrogens with zero attached hydrogens (tertiary/aromatic N) is 1. The van der Waals surface area contributed by atoms with Crippen molar-refractivity contribution >= 4 is 19.7 Å². The third-order valence-corrected chi connectivity index (χ3v) is 1.54. The third kappa shape index (κ3) is 3.37. The molecule has 0 saturated heterocycles. The molecular weight excluding hydrogens is 198 g/mol. The lowest BCUT2D eigenvalue weighted by atomic mass is 10.4. The first-order valence-corrected chi connectivity index (χ1v) is 5.27. The number of hydrogen-bond donors (Lipinski definition) is 0. The molecule has 1 heterocycles. The van der Waals surface area contributed by atoms with Crippen molar-refractivity contribution in [2.24, 2.45) is 0 Å². The summed E-state index contributed by atoms with van der Waals surface area (Å²) in [4.78, 5) is 3.79. The molecule has 3 nitrogen and oxygen atoms in total. The van der Waals surface area contributed by atoms with Crippen molar-refractivity contribution in [1.29, 1.82) is 0 Å². The molecule has 0 aliphatic carbocycles. The second-order valence-electron chi connectivity index (χ2n) is 1.88. The number of aromatic nitrogens is 1. The average molecular weight is 202 g/mol. The van der Waals surface area contributed by atoms with E-state index in [4.69, 9.17) is 10.7 Å². The Morgan fingerprint density at radius 1 is 1.42 bits per heavy atom. The van der Waals surface area contributed by atoms with Gasteiger partial charge in [-0.1, -0.05) is 6.07 Å². The van der Waals surface area contributed by atoms with Crippen molar-refractivity contribution in [1.82, 2.24) is 4.98 Å². The van der Waals surface area contributed by atoms with Gasteiger partial charge in [-0.3, -0.25) is 0 Å². The van der Waals surface area contributed by atoms with Crippen LogP contribution in [0, 0.1) is 11.2 Å². The molecule has 5 heteroatoms. The van der Waals surface area contributed by atoms with Crippen LogP contribution in [0.3, 0.4) is 0 Å². The second kappa shape index (κ2) is 3.57. The first-order chi connectivity index (χ1) is 5.58. The molecule has 0 N–H and O–H groups in total. The van der Waals surface area contributed by atoms with E-state index in [-0.39, 0.29) is 0 Å². The molecule has 0 unspecified atom stereocenters. The van der Waals surface area contributed by atoms with Crippen LogP contribution >= 0.6 is 10.7 Å². The van der Waals surface area contributed by atoms with E-state index in [0.717, 1.165) is 0 Å². The maximum Gasteiger partial charge on any atom is 0.301 e. The van der Waals surface area contributed by atoms with Crippen LogP contribution in [0.25, 0.3) is 0 Å². The molecule has 1 aromatic heterocycles. The molecule has 0 aliphatic heterocycles. The number of rotatable bonds is 0. The van der Waals surface area contributed by atoms with Gasteiger partial charge >= 0.3 is 9.05 Å². The Bertz CT molecular complexity index is 416. The Balaban J connectivity index is 2.96. The molecule has 0 aliphatic rings. The zero-order valence-electron chi connectivity index (χ0n) is 5.86. The van der Waals surface area contributed by atoms with Gasteiger partial charge in [0.15, 0.2) is 0 Å². The van der Waals surface area contributed by atoms with Gasteiger partial charge < -0.3 is 0 Å². The minimum absolute atomic E-state index is 0.377. The topological polar surface area (TPSA) is 47.0 Å². The zero-order valence-corrected chi connectivity index (χ0v) is 7.43. The van der Waals surface area contributed by atoms with Gasteiger partial charge in [0.1, 0.15) is 5.69 Å². The molecule has 0 radical (unpaired) electrons. The van der Waals surface area contributed by atoms with Crippen LogP contribution in [-0.2, 0) is 9.05 Å². The quantitative estimate of drug-likeness (QED) is 0.464. The Morgan fingerprint density at radius 2 is 2.17 bits per heavy atom. The van der Waals surface area contributed by atoms with Crippen LogP contribution in [0.15, 0.2) is 24.4 Å². The van der Waals surface area contributed by atoms with Crippen molar-refractivity contribution in [3.8, 4) is 11.2 Å². The van der Waals surface area contributed by atoms with Crippen molar-refractivity contribution in [3.05, 3.63) is 30.1 Å². The number of halogens is 1. The maximum atomic E-state index is 10.4. The van der Waals surface area contributed by atoms with Crippen LogP contribution in [0.5, 0.6) is 0 Å². The van der Waals surface area contributed by atoms with Gasteiger partial charge in [0.25, 0.3) is 0 Å². The Kier molecular flexibility index (Phi) is 2.69. The van der Waals surface area contributed by atoms with E-state index in [2.05, 4.69) is 10.9 Å². The van der Waals surface area contributed by atoms with E-state index in [1.165, 1.54) is 6.20 Å². The smallest absolute Gasteiger partial charge is 0.248 e. The lowest BCUT2D eigenvalue weighted by Crippen LogP contribution is -1.83. The lowest BCUT2D eigenvalue weighted by molar-refractivity contribution is 0.618. The highest BCUT2D eigenvalue weighted by Gasteiger charge is 1.95. The van der Waals surface area contributed by atoms with Gasteiger partial charge in [0.2, 0.25) is 0 Å². The van der Waals surface area contributed by atoms with Crippen molar-refractivity contribution in [2.75, 3.05) is 0 Å². The molecule has 0 amide bonds. The van der Waals surface area contributed by atoms with E-state index in [9.17, 15) is 8.42 Å². The first-order valence-electron chi connectivity index (χ1n) is 2.96. The highest BCUT2D eigenvalue weighted by Crippen LogP contribution is 1.94. The van der Waals surface area contributed by atoms with Gasteiger partial charge in [-0.05, 0) is 18.1 Å². The predicted molar refractivity (Wildman–Crippen MR) is 45.9 cm³/mol. The van der Waals surface area contributed by atoms with Crippen molar-refractivity contribution < 1.29 is 8.42 Å². The zero-order chi connectivity index (χ0) is 9.03. The highest BCUT2D eigenvalue weighted by molar-refractivity contribution is 8.17. The molecule has 0 atom stereocenters. The lowest BCUT2D eigenvalue weighted by Gasteiger charge is -1.83. The van der Waals surface area contributed by atoms with Crippen molar-refractivity contribution in [3.63, 3.8) is 0 Å². The van der Waals surface area contributed by atoms with E-state index in [1.54, 1.807) is 18.2 Å². The first kappa shape index (κ1) is 9.04. The van der Waals surface area contributed by atoms with Crippen LogP contribution in [0.4, 0.5) is 0 Å². The Hall–Kier alpha value is -1.05. The predicted octanol–water partition coefficient (Wildman–Crippen LogP) is 0.959. The van der Waals surface area contributed by atoms with E-state index in [1.807, 2.05) is 5.25 Å². The summed E-state index contributed by atoms with van der Waals surface area (Å²) in [6.45, 7) is 0. The third-order valence-electron chi connectivity index (χ3n) is 0.966. The van der Waals surface area contributed by atoms with Gasteiger partial charge in [-0.15, -0.1) is 0 Å². The minimum atomic E-state index is -3.75. The SMILES string of the molecule is O=S(=O)(Cl)C#Cc1ccccn1. The van der Waals surface area contributed by atoms with Crippen LogP contribution < -0.4 is 0 Å². The summed E-state index contributed by atoms with van der Waals surface area (Å²) in [5.41, 5.74) is 0.377. The van der Waals surface area contributed by atoms with Crippen molar-refractivity contribution in [2.45, 2.75) is 0 Å². The molecule has 0 fully saturated rings. The summed E-state index contributed by atoms with van der Waals surface area (Å²) < 4.78 is 20.7. The van der Waals surface area contributed by atoms with E-state index in [0.29, 0.717) is 5.69 Å². The summed E-state index contributed by atoms with van der Waals surface area (Å²) in [5, 5.41) is 1.86. The molecule has 0 spiro atoms. The van der Waals surface area contributed by atoms with Gasteiger partial charge in [0.05, 0.1) is 5.25 Å². The highest BCUT2D eigenvalue weighted by atomic mass is 35.7. The Labute approximate surface area is 74.8 Å². The van der Waals surface area contributed by atoms with Crippen LogP contribution in [0.2, 0.25) is 0 Å². The fraction of sp³-hybridized carbons (Fsp3) is 0. The monoisotopic (exact) mass is 201 g/mol. The van der Waals surface area contributed by atoms with Crippen LogP contribution in [0.1, 0.15) is 5.69 Å². The molecular formula is C7H4ClNO2S. The van der Waals surface area contributed by atoms with Gasteiger partial charge in [-0.2, -0.15) is 8.42 Å². The standard InChI is InChI=1S/C7H4ClNO2S/c8-12(10,11)6-4-7-3-1-2-5-9-7/h1-3,5H. The fourth-order valence-electron chi connectivity index (χ4n) is 0.550. The van der Waals surface area contributed by atoms with E-state index < -0.39 is 9.05 Å². The largest absolute Gasteiger partial charge is 0.301 e. The minimum Gasteiger partial charge on any atom is -0.248 e. The van der Waals surface area contributed by atoms with Gasteiger partial charge in [0, 0.05) is 16.9 Å². The summed E-state index contributed by atoms with van der Waals surface area (Å²) in [5.74, 6) is 2.30. The maximum absolute atomic E-state index is 10.4. The molecule has 0 saturated carbocycles. The molecule has 1 aromatic rings. The summed E-state index contributed by atoms with van der Waals surface area (Å²) in [6, 6.07) is 5.01. The normalized spacial score (nSPS) is 10.1. The summed E-state index contributed by atoms with van der Waals surface area (Å²) in [7, 11) is 1.10. The Morgan fingerprint density at radius 3 is 2.67 bits per heavy atom. The molecule has 12 heavy (non-hydrogen) atoms. The number of pyridine rings is 1. The van der Waals surface area contributed by atoms with E-state index >= 15 is 0 Å². The molecule has 1 rings (SSSR count). The molecule has 0 bridgehead atoms. The average Bonchev–Trinajstić information content (AvgIpc) is 2.02.